The Hall–Kier alpha value is -3.36. The maximum atomic E-state index is 14.3. The van der Waals surface area contributed by atoms with Gasteiger partial charge in [-0.1, -0.05) is 6.07 Å². The smallest absolute Gasteiger partial charge is 0.381 e. The largest absolute Gasteiger partial charge is 0.420 e. The first kappa shape index (κ1) is 19.4. The van der Waals surface area contributed by atoms with Crippen molar-refractivity contribution in [2.75, 3.05) is 6.67 Å². The Morgan fingerprint density at radius 3 is 2.11 bits per heavy atom. The maximum absolute atomic E-state index is 14.3. The van der Waals surface area contributed by atoms with Gasteiger partial charge >= 0.3 is 5.97 Å². The first-order valence-electron chi connectivity index (χ1n) is 7.92. The van der Waals surface area contributed by atoms with Crippen molar-refractivity contribution in [3.05, 3.63) is 77.4 Å². The molecule has 1 heterocycles. The predicted molar refractivity (Wildman–Crippen MR) is 88.4 cm³/mol. The quantitative estimate of drug-likeness (QED) is 0.365. The Morgan fingerprint density at radius 2 is 1.54 bits per heavy atom. The Labute approximate surface area is 155 Å². The number of aromatic nitrogens is 2. The molecule has 0 bridgehead atoms. The summed E-state index contributed by atoms with van der Waals surface area (Å²) in [6.07, 6.45) is 2.55. The van der Waals surface area contributed by atoms with Gasteiger partial charge in [0.2, 0.25) is 5.82 Å². The fourth-order valence-corrected chi connectivity index (χ4v) is 2.39. The van der Waals surface area contributed by atoms with Crippen LogP contribution in [0.2, 0.25) is 0 Å². The number of ether oxygens (including phenoxy) is 1. The number of nitrogens with zero attached hydrogens (tertiary/aromatic N) is 2. The van der Waals surface area contributed by atoms with Crippen LogP contribution in [0.15, 0.2) is 42.7 Å². The summed E-state index contributed by atoms with van der Waals surface area (Å²) in [5, 5.41) is 0. The highest BCUT2D eigenvalue weighted by Gasteiger charge is 2.18. The second kappa shape index (κ2) is 8.12. The van der Waals surface area contributed by atoms with Gasteiger partial charge in [0.15, 0.2) is 11.6 Å². The Morgan fingerprint density at radius 1 is 0.893 bits per heavy atom. The molecule has 4 nitrogen and oxygen atoms in total. The minimum Gasteiger partial charge on any atom is -0.420 e. The molecule has 3 rings (SSSR count). The molecule has 0 atom stereocenters. The molecule has 0 aliphatic carbocycles. The molecular formula is C19H11F5N2O2. The van der Waals surface area contributed by atoms with Crippen molar-refractivity contribution in [2.45, 2.75) is 6.42 Å². The van der Waals surface area contributed by atoms with Gasteiger partial charge in [-0.3, -0.25) is 4.39 Å². The second-order valence-electron chi connectivity index (χ2n) is 5.63. The van der Waals surface area contributed by atoms with Gasteiger partial charge in [-0.25, -0.2) is 32.3 Å². The number of benzene rings is 2. The Balaban J connectivity index is 1.83. The van der Waals surface area contributed by atoms with E-state index in [1.165, 1.54) is 12.4 Å². The van der Waals surface area contributed by atoms with Crippen LogP contribution in [0.25, 0.3) is 11.1 Å². The molecule has 0 saturated carbocycles. The van der Waals surface area contributed by atoms with Crippen LogP contribution < -0.4 is 4.74 Å². The molecule has 0 aliphatic heterocycles. The van der Waals surface area contributed by atoms with Gasteiger partial charge in [-0.05, 0) is 23.3 Å². The van der Waals surface area contributed by atoms with Crippen LogP contribution in [0.4, 0.5) is 22.0 Å². The fraction of sp³-hybridized carbons (Fsp3) is 0.105. The van der Waals surface area contributed by atoms with Crippen LogP contribution in [0, 0.1) is 23.3 Å². The summed E-state index contributed by atoms with van der Waals surface area (Å²) < 4.78 is 72.0. The minimum atomic E-state index is -1.26. The van der Waals surface area contributed by atoms with Crippen LogP contribution in [-0.4, -0.2) is 22.6 Å². The third-order valence-corrected chi connectivity index (χ3v) is 3.71. The second-order valence-corrected chi connectivity index (χ2v) is 5.63. The van der Waals surface area contributed by atoms with Crippen molar-refractivity contribution in [1.29, 1.82) is 0 Å². The standard InChI is InChI=1S/C19H11F5N2O2/c20-4-3-10-8-25-18(26-9-10)19(27)28-12-6-15(23)17(16(24)7-12)11-1-2-13(21)14(22)5-11/h1-2,5-9H,3-4H2. The topological polar surface area (TPSA) is 52.1 Å². The zero-order chi connectivity index (χ0) is 20.3. The summed E-state index contributed by atoms with van der Waals surface area (Å²) in [6.45, 7) is -0.615. The highest BCUT2D eigenvalue weighted by atomic mass is 19.2. The lowest BCUT2D eigenvalue weighted by molar-refractivity contribution is 0.0721. The van der Waals surface area contributed by atoms with E-state index in [1.807, 2.05) is 0 Å². The zero-order valence-electron chi connectivity index (χ0n) is 14.1. The molecule has 0 unspecified atom stereocenters. The molecule has 9 heteroatoms. The summed E-state index contributed by atoms with van der Waals surface area (Å²) in [5.74, 6) is -6.64. The fourth-order valence-electron chi connectivity index (χ4n) is 2.39. The monoisotopic (exact) mass is 394 g/mol. The van der Waals surface area contributed by atoms with E-state index < -0.39 is 47.2 Å². The zero-order valence-corrected chi connectivity index (χ0v) is 14.1. The van der Waals surface area contributed by atoms with Crippen molar-refractivity contribution in [3.63, 3.8) is 0 Å². The van der Waals surface area contributed by atoms with Gasteiger partial charge in [0, 0.05) is 30.9 Å². The molecule has 0 N–H and O–H groups in total. The Bertz CT molecular complexity index is 1000. The molecule has 0 aliphatic rings. The SMILES string of the molecule is O=C(Oc1cc(F)c(-c2ccc(F)c(F)c2)c(F)c1)c1ncc(CCF)cn1. The van der Waals surface area contributed by atoms with E-state index in [9.17, 15) is 26.7 Å². The molecular weight excluding hydrogens is 383 g/mol. The number of esters is 1. The first-order valence-corrected chi connectivity index (χ1v) is 7.92. The molecule has 0 amide bonds. The molecule has 3 aromatic rings. The number of rotatable bonds is 5. The average molecular weight is 394 g/mol. The molecule has 144 valence electrons. The van der Waals surface area contributed by atoms with E-state index in [2.05, 4.69) is 9.97 Å². The lowest BCUT2D eigenvalue weighted by Gasteiger charge is -2.09. The van der Waals surface area contributed by atoms with Crippen molar-refractivity contribution in [3.8, 4) is 16.9 Å². The van der Waals surface area contributed by atoms with E-state index in [-0.39, 0.29) is 17.8 Å². The first-order chi connectivity index (χ1) is 13.4. The highest BCUT2D eigenvalue weighted by molar-refractivity contribution is 5.87. The summed E-state index contributed by atoms with van der Waals surface area (Å²) in [7, 11) is 0. The van der Waals surface area contributed by atoms with Gasteiger partial charge < -0.3 is 4.74 Å². The van der Waals surface area contributed by atoms with Crippen LogP contribution in [0.1, 0.15) is 16.2 Å². The normalized spacial score (nSPS) is 10.8. The molecule has 0 fully saturated rings. The number of aryl methyl sites for hydroxylation is 1. The number of hydrogen-bond acceptors (Lipinski definition) is 4. The van der Waals surface area contributed by atoms with Crippen LogP contribution in [0.3, 0.4) is 0 Å². The summed E-state index contributed by atoms with van der Waals surface area (Å²) >= 11 is 0. The van der Waals surface area contributed by atoms with E-state index in [4.69, 9.17) is 4.74 Å². The summed E-state index contributed by atoms with van der Waals surface area (Å²) in [5.41, 5.74) is -0.365. The van der Waals surface area contributed by atoms with Crippen LogP contribution in [-0.2, 0) is 6.42 Å². The molecule has 28 heavy (non-hydrogen) atoms. The van der Waals surface area contributed by atoms with Crippen molar-refractivity contribution in [2.24, 2.45) is 0 Å². The molecule has 0 radical (unpaired) electrons. The molecule has 0 saturated heterocycles. The van der Waals surface area contributed by atoms with E-state index in [1.54, 1.807) is 0 Å². The van der Waals surface area contributed by atoms with Crippen LogP contribution >= 0.6 is 0 Å². The van der Waals surface area contributed by atoms with E-state index in [0.29, 0.717) is 11.6 Å². The van der Waals surface area contributed by atoms with Gasteiger partial charge in [0.05, 0.1) is 12.2 Å². The summed E-state index contributed by atoms with van der Waals surface area (Å²) in [6, 6.07) is 3.83. The van der Waals surface area contributed by atoms with Gasteiger partial charge in [0.1, 0.15) is 17.4 Å². The number of hydrogen-bond donors (Lipinski definition) is 0. The number of carbonyl (C=O) groups is 1. The molecule has 2 aromatic carbocycles. The third-order valence-electron chi connectivity index (χ3n) is 3.71. The van der Waals surface area contributed by atoms with Gasteiger partial charge in [-0.15, -0.1) is 0 Å². The number of halogens is 5. The number of alkyl halides is 1. The highest BCUT2D eigenvalue weighted by Crippen LogP contribution is 2.30. The average Bonchev–Trinajstić information content (AvgIpc) is 2.65. The molecule has 0 spiro atoms. The number of carbonyl (C=O) groups excluding carboxylic acids is 1. The summed E-state index contributed by atoms with van der Waals surface area (Å²) in [4.78, 5) is 19.4. The van der Waals surface area contributed by atoms with Crippen molar-refractivity contribution < 1.29 is 31.5 Å². The van der Waals surface area contributed by atoms with E-state index >= 15 is 0 Å². The predicted octanol–water partition coefficient (Wildman–Crippen LogP) is 4.43. The van der Waals surface area contributed by atoms with Gasteiger partial charge in [0.25, 0.3) is 0 Å². The lowest BCUT2D eigenvalue weighted by atomic mass is 10.0. The van der Waals surface area contributed by atoms with Crippen molar-refractivity contribution in [1.82, 2.24) is 9.97 Å². The van der Waals surface area contributed by atoms with Crippen LogP contribution in [0.5, 0.6) is 5.75 Å². The van der Waals surface area contributed by atoms with Gasteiger partial charge in [-0.2, -0.15) is 0 Å². The minimum absolute atomic E-state index is 0.0805. The third kappa shape index (κ3) is 4.13. The Kier molecular flexibility index (Phi) is 5.62. The lowest BCUT2D eigenvalue weighted by Crippen LogP contribution is -2.13. The molecule has 1 aromatic heterocycles. The van der Waals surface area contributed by atoms with E-state index in [0.717, 1.165) is 24.3 Å². The maximum Gasteiger partial charge on any atom is 0.381 e. The van der Waals surface area contributed by atoms with Crippen molar-refractivity contribution >= 4 is 5.97 Å².